The molecule has 0 bridgehead atoms. The number of aromatic nitrogens is 3. The van der Waals surface area contributed by atoms with Gasteiger partial charge in [0.15, 0.2) is 20.3 Å². The first-order valence-corrected chi connectivity index (χ1v) is 8.43. The zero-order valence-corrected chi connectivity index (χ0v) is 12.2. The SMILES string of the molecule is Cc1cnc2c(c1)[nH]c(=S)n2CC1CCS(=O)(=O)C1. The van der Waals surface area contributed by atoms with Gasteiger partial charge in [0.2, 0.25) is 0 Å². The Morgan fingerprint density at radius 2 is 2.37 bits per heavy atom. The number of sulfone groups is 1. The maximum Gasteiger partial charge on any atom is 0.179 e. The summed E-state index contributed by atoms with van der Waals surface area (Å²) in [5.74, 6) is 0.687. The number of H-pyrrole nitrogens is 1. The number of pyridine rings is 1. The Bertz CT molecular complexity index is 789. The van der Waals surface area contributed by atoms with Gasteiger partial charge >= 0.3 is 0 Å². The van der Waals surface area contributed by atoms with Gasteiger partial charge in [-0.05, 0) is 43.1 Å². The molecule has 3 heterocycles. The monoisotopic (exact) mass is 297 g/mol. The highest BCUT2D eigenvalue weighted by Crippen LogP contribution is 2.22. The molecule has 2 aromatic heterocycles. The molecule has 1 aliphatic rings. The van der Waals surface area contributed by atoms with Crippen LogP contribution in [0.2, 0.25) is 0 Å². The van der Waals surface area contributed by atoms with Crippen molar-refractivity contribution in [3.63, 3.8) is 0 Å². The molecule has 1 unspecified atom stereocenters. The van der Waals surface area contributed by atoms with Crippen LogP contribution in [0.1, 0.15) is 12.0 Å². The van der Waals surface area contributed by atoms with Crippen molar-refractivity contribution in [2.75, 3.05) is 11.5 Å². The average Bonchev–Trinajstić information content (AvgIpc) is 2.80. The summed E-state index contributed by atoms with van der Waals surface area (Å²) in [5, 5.41) is 0. The number of rotatable bonds is 2. The van der Waals surface area contributed by atoms with Crippen molar-refractivity contribution < 1.29 is 8.42 Å². The van der Waals surface area contributed by atoms with Gasteiger partial charge in [-0.2, -0.15) is 0 Å². The van der Waals surface area contributed by atoms with Crippen molar-refractivity contribution in [1.82, 2.24) is 14.5 Å². The Hall–Kier alpha value is -1.21. The van der Waals surface area contributed by atoms with Crippen LogP contribution in [0, 0.1) is 17.6 Å². The summed E-state index contributed by atoms with van der Waals surface area (Å²) < 4.78 is 25.5. The largest absolute Gasteiger partial charge is 0.329 e. The number of aromatic amines is 1. The lowest BCUT2D eigenvalue weighted by Gasteiger charge is -2.09. The normalized spacial score (nSPS) is 22.1. The molecule has 3 rings (SSSR count). The van der Waals surface area contributed by atoms with Gasteiger partial charge < -0.3 is 9.55 Å². The molecule has 1 aliphatic heterocycles. The van der Waals surface area contributed by atoms with Crippen molar-refractivity contribution in [2.24, 2.45) is 5.92 Å². The van der Waals surface area contributed by atoms with Gasteiger partial charge in [-0.25, -0.2) is 13.4 Å². The van der Waals surface area contributed by atoms with Crippen LogP contribution in [0.4, 0.5) is 0 Å². The first kappa shape index (κ1) is 12.8. The second-order valence-corrected chi connectivity index (χ2v) is 7.81. The molecule has 0 amide bonds. The minimum absolute atomic E-state index is 0.138. The Morgan fingerprint density at radius 3 is 3.05 bits per heavy atom. The molecule has 0 aliphatic carbocycles. The van der Waals surface area contributed by atoms with Crippen molar-refractivity contribution in [2.45, 2.75) is 19.9 Å². The van der Waals surface area contributed by atoms with E-state index in [-0.39, 0.29) is 11.7 Å². The van der Waals surface area contributed by atoms with Gasteiger partial charge in [-0.1, -0.05) is 0 Å². The molecular weight excluding hydrogens is 282 g/mol. The van der Waals surface area contributed by atoms with Crippen LogP contribution in [-0.4, -0.2) is 34.5 Å². The van der Waals surface area contributed by atoms with E-state index in [9.17, 15) is 8.42 Å². The first-order chi connectivity index (χ1) is 8.94. The van der Waals surface area contributed by atoms with Crippen LogP contribution in [0.3, 0.4) is 0 Å². The number of nitrogens with one attached hydrogen (secondary N) is 1. The quantitative estimate of drug-likeness (QED) is 0.859. The number of fused-ring (bicyclic) bond motifs is 1. The van der Waals surface area contributed by atoms with Gasteiger partial charge in [0, 0.05) is 12.7 Å². The molecule has 19 heavy (non-hydrogen) atoms. The van der Waals surface area contributed by atoms with E-state index >= 15 is 0 Å². The highest BCUT2D eigenvalue weighted by Gasteiger charge is 2.28. The summed E-state index contributed by atoms with van der Waals surface area (Å²) in [6.07, 6.45) is 2.51. The number of aryl methyl sites for hydroxylation is 1. The Morgan fingerprint density at radius 1 is 1.58 bits per heavy atom. The molecule has 5 nitrogen and oxygen atoms in total. The van der Waals surface area contributed by atoms with E-state index in [1.807, 2.05) is 17.6 Å². The first-order valence-electron chi connectivity index (χ1n) is 6.20. The van der Waals surface area contributed by atoms with Crippen LogP contribution >= 0.6 is 12.2 Å². The highest BCUT2D eigenvalue weighted by molar-refractivity contribution is 7.91. The van der Waals surface area contributed by atoms with Gasteiger partial charge in [0.25, 0.3) is 0 Å². The van der Waals surface area contributed by atoms with Crippen molar-refractivity contribution in [3.8, 4) is 0 Å². The van der Waals surface area contributed by atoms with Crippen LogP contribution in [-0.2, 0) is 16.4 Å². The molecule has 1 fully saturated rings. The second kappa shape index (κ2) is 4.42. The van der Waals surface area contributed by atoms with E-state index in [1.54, 1.807) is 6.20 Å². The van der Waals surface area contributed by atoms with Crippen molar-refractivity contribution in [3.05, 3.63) is 22.6 Å². The van der Waals surface area contributed by atoms with E-state index in [1.165, 1.54) is 0 Å². The Balaban J connectivity index is 1.97. The lowest BCUT2D eigenvalue weighted by atomic mass is 10.1. The highest BCUT2D eigenvalue weighted by atomic mass is 32.2. The van der Waals surface area contributed by atoms with Gasteiger partial charge in [-0.3, -0.25) is 0 Å². The van der Waals surface area contributed by atoms with Crippen LogP contribution in [0.5, 0.6) is 0 Å². The van der Waals surface area contributed by atoms with Gasteiger partial charge in [0.1, 0.15) is 0 Å². The van der Waals surface area contributed by atoms with Crippen LogP contribution < -0.4 is 0 Å². The molecule has 0 saturated carbocycles. The smallest absolute Gasteiger partial charge is 0.179 e. The van der Waals surface area contributed by atoms with Gasteiger partial charge in [-0.15, -0.1) is 0 Å². The molecule has 1 atom stereocenters. The minimum atomic E-state index is -2.85. The minimum Gasteiger partial charge on any atom is -0.329 e. The third kappa shape index (κ3) is 2.44. The molecule has 1 saturated heterocycles. The van der Waals surface area contributed by atoms with E-state index in [2.05, 4.69) is 9.97 Å². The summed E-state index contributed by atoms with van der Waals surface area (Å²) in [5.41, 5.74) is 2.78. The number of hydrogen-bond donors (Lipinski definition) is 1. The summed E-state index contributed by atoms with van der Waals surface area (Å²) in [6.45, 7) is 2.60. The van der Waals surface area contributed by atoms with Crippen LogP contribution in [0.25, 0.3) is 11.2 Å². The van der Waals surface area contributed by atoms with Gasteiger partial charge in [0.05, 0.1) is 17.0 Å². The standard InChI is InChI=1S/C12H15N3O2S2/c1-8-4-10-11(13-5-8)15(12(18)14-10)6-9-2-3-19(16,17)7-9/h4-5,9H,2-3,6-7H2,1H3,(H,14,18). The average molecular weight is 297 g/mol. The van der Waals surface area contributed by atoms with E-state index < -0.39 is 9.84 Å². The number of imidazole rings is 1. The van der Waals surface area contributed by atoms with E-state index in [0.717, 1.165) is 16.7 Å². The summed E-state index contributed by atoms with van der Waals surface area (Å²) in [6, 6.07) is 2.00. The van der Waals surface area contributed by atoms with E-state index in [0.29, 0.717) is 23.5 Å². The summed E-state index contributed by atoms with van der Waals surface area (Å²) in [7, 11) is -2.85. The summed E-state index contributed by atoms with van der Waals surface area (Å²) in [4.78, 5) is 7.52. The Labute approximate surface area is 116 Å². The third-order valence-corrected chi connectivity index (χ3v) is 5.67. The predicted octanol–water partition coefficient (Wildman–Crippen LogP) is 1.84. The lowest BCUT2D eigenvalue weighted by molar-refractivity contribution is 0.493. The molecule has 7 heteroatoms. The molecule has 1 N–H and O–H groups in total. The maximum atomic E-state index is 11.5. The number of hydrogen-bond acceptors (Lipinski definition) is 4. The third-order valence-electron chi connectivity index (χ3n) is 3.51. The topological polar surface area (TPSA) is 67.8 Å². The molecular formula is C12H15N3O2S2. The van der Waals surface area contributed by atoms with Crippen molar-refractivity contribution in [1.29, 1.82) is 0 Å². The zero-order valence-electron chi connectivity index (χ0n) is 10.6. The molecule has 0 spiro atoms. The molecule has 102 valence electrons. The second-order valence-electron chi connectivity index (χ2n) is 5.19. The Kier molecular flexibility index (Phi) is 2.98. The fourth-order valence-electron chi connectivity index (χ4n) is 2.59. The number of nitrogens with zero attached hydrogens (tertiary/aromatic N) is 2. The molecule has 0 radical (unpaired) electrons. The van der Waals surface area contributed by atoms with Crippen LogP contribution in [0.15, 0.2) is 12.3 Å². The fraction of sp³-hybridized carbons (Fsp3) is 0.500. The summed E-state index contributed by atoms with van der Waals surface area (Å²) >= 11 is 5.31. The maximum absolute atomic E-state index is 11.5. The van der Waals surface area contributed by atoms with Crippen molar-refractivity contribution >= 4 is 33.2 Å². The fourth-order valence-corrected chi connectivity index (χ4v) is 4.71. The van der Waals surface area contributed by atoms with E-state index in [4.69, 9.17) is 12.2 Å². The zero-order chi connectivity index (χ0) is 13.6. The predicted molar refractivity (Wildman–Crippen MR) is 76.4 cm³/mol. The molecule has 2 aromatic rings. The lowest BCUT2D eigenvalue weighted by Crippen LogP contribution is -2.13. The molecule has 0 aromatic carbocycles.